The van der Waals surface area contributed by atoms with Gasteiger partial charge in [0.15, 0.2) is 0 Å². The second-order valence-corrected chi connectivity index (χ2v) is 4.20. The number of carbonyl (C=O) groups excluding carboxylic acids is 1. The predicted molar refractivity (Wildman–Crippen MR) is 54.6 cm³/mol. The van der Waals surface area contributed by atoms with Gasteiger partial charge in [-0.2, -0.15) is 0 Å². The smallest absolute Gasteiger partial charge is 0.237 e. The summed E-state index contributed by atoms with van der Waals surface area (Å²) in [6.07, 6.45) is 4.46. The van der Waals surface area contributed by atoms with Gasteiger partial charge in [-0.3, -0.25) is 9.80 Å². The molecular formula is C10H19N3O. The van der Waals surface area contributed by atoms with Crippen molar-refractivity contribution in [3.63, 3.8) is 0 Å². The highest BCUT2D eigenvalue weighted by atomic mass is 16.2. The molecule has 0 aromatic heterocycles. The van der Waals surface area contributed by atoms with Crippen LogP contribution in [-0.2, 0) is 4.79 Å². The zero-order valence-corrected chi connectivity index (χ0v) is 8.83. The van der Waals surface area contributed by atoms with E-state index in [1.165, 1.54) is 19.4 Å². The van der Waals surface area contributed by atoms with Gasteiger partial charge < -0.3 is 5.32 Å². The van der Waals surface area contributed by atoms with E-state index in [1.54, 1.807) is 5.01 Å². The zero-order valence-electron chi connectivity index (χ0n) is 8.83. The van der Waals surface area contributed by atoms with Crippen LogP contribution in [0.1, 0.15) is 25.7 Å². The Balaban J connectivity index is 1.72. The van der Waals surface area contributed by atoms with Gasteiger partial charge in [-0.25, -0.2) is 5.01 Å². The monoisotopic (exact) mass is 197 g/mol. The molecule has 0 radical (unpaired) electrons. The lowest BCUT2D eigenvalue weighted by Gasteiger charge is -2.25. The van der Waals surface area contributed by atoms with Crippen LogP contribution >= 0.6 is 0 Å². The number of hydrogen-bond acceptors (Lipinski definition) is 3. The maximum Gasteiger partial charge on any atom is 0.237 e. The lowest BCUT2D eigenvalue weighted by Crippen LogP contribution is -2.38. The molecule has 0 aliphatic carbocycles. The number of hydrogen-bond donors (Lipinski definition) is 1. The van der Waals surface area contributed by atoms with Crippen molar-refractivity contribution in [2.24, 2.45) is 0 Å². The first-order valence-electron chi connectivity index (χ1n) is 5.52. The Bertz CT molecular complexity index is 213. The number of rotatable bonds is 3. The van der Waals surface area contributed by atoms with Crippen LogP contribution in [0.2, 0.25) is 0 Å². The Labute approximate surface area is 85.2 Å². The topological polar surface area (TPSA) is 35.6 Å². The lowest BCUT2D eigenvalue weighted by atomic mass is 10.1. The summed E-state index contributed by atoms with van der Waals surface area (Å²) in [7, 11) is 1.87. The van der Waals surface area contributed by atoms with Gasteiger partial charge in [0.2, 0.25) is 5.91 Å². The maximum absolute atomic E-state index is 11.2. The Morgan fingerprint density at radius 1 is 1.57 bits per heavy atom. The summed E-state index contributed by atoms with van der Waals surface area (Å²) in [6, 6.07) is 0.680. The molecule has 2 heterocycles. The molecule has 80 valence electrons. The van der Waals surface area contributed by atoms with Crippen molar-refractivity contribution < 1.29 is 4.79 Å². The van der Waals surface area contributed by atoms with E-state index in [2.05, 4.69) is 10.3 Å². The minimum absolute atomic E-state index is 0.254. The minimum Gasteiger partial charge on any atom is -0.314 e. The highest BCUT2D eigenvalue weighted by Crippen LogP contribution is 2.13. The van der Waals surface area contributed by atoms with Crippen molar-refractivity contribution in [2.75, 3.05) is 26.7 Å². The first-order chi connectivity index (χ1) is 6.77. The van der Waals surface area contributed by atoms with E-state index >= 15 is 0 Å². The summed E-state index contributed by atoms with van der Waals surface area (Å²) < 4.78 is 0. The third-order valence-electron chi connectivity index (χ3n) is 3.27. The molecule has 1 amide bonds. The van der Waals surface area contributed by atoms with Gasteiger partial charge in [0.1, 0.15) is 0 Å². The zero-order chi connectivity index (χ0) is 9.97. The van der Waals surface area contributed by atoms with Crippen LogP contribution in [0.25, 0.3) is 0 Å². The fraction of sp³-hybridized carbons (Fsp3) is 0.900. The average Bonchev–Trinajstić information content (AvgIpc) is 2.77. The first kappa shape index (κ1) is 9.93. The molecule has 14 heavy (non-hydrogen) atoms. The van der Waals surface area contributed by atoms with Crippen LogP contribution in [0.4, 0.5) is 0 Å². The molecule has 2 saturated heterocycles. The standard InChI is InChI=1S/C10H19N3O/c1-12-10(14)5-8-13(12)7-4-9-3-2-6-11-9/h9,11H,2-8H2,1H3. The van der Waals surface area contributed by atoms with Gasteiger partial charge in [-0.05, 0) is 25.8 Å². The number of nitrogens with one attached hydrogen (secondary N) is 1. The Morgan fingerprint density at radius 2 is 2.43 bits per heavy atom. The third kappa shape index (κ3) is 2.07. The van der Waals surface area contributed by atoms with Gasteiger partial charge in [0.05, 0.1) is 0 Å². The van der Waals surface area contributed by atoms with E-state index in [0.29, 0.717) is 12.5 Å². The third-order valence-corrected chi connectivity index (χ3v) is 3.27. The molecule has 0 spiro atoms. The lowest BCUT2D eigenvalue weighted by molar-refractivity contribution is -0.135. The number of carbonyl (C=O) groups is 1. The molecule has 0 aromatic rings. The van der Waals surface area contributed by atoms with Gasteiger partial charge in [0.25, 0.3) is 0 Å². The quantitative estimate of drug-likeness (QED) is 0.702. The van der Waals surface area contributed by atoms with Crippen LogP contribution in [0.5, 0.6) is 0 Å². The van der Waals surface area contributed by atoms with E-state index in [1.807, 2.05) is 7.05 Å². The molecule has 2 fully saturated rings. The average molecular weight is 197 g/mol. The molecule has 2 aliphatic heterocycles. The molecule has 1 unspecified atom stereocenters. The minimum atomic E-state index is 0.254. The number of nitrogens with zero attached hydrogens (tertiary/aromatic N) is 2. The maximum atomic E-state index is 11.2. The Morgan fingerprint density at radius 3 is 3.00 bits per heavy atom. The van der Waals surface area contributed by atoms with Crippen LogP contribution in [0.15, 0.2) is 0 Å². The molecule has 4 heteroatoms. The summed E-state index contributed by atoms with van der Waals surface area (Å²) in [6.45, 7) is 3.08. The van der Waals surface area contributed by atoms with E-state index in [-0.39, 0.29) is 5.91 Å². The Kier molecular flexibility index (Phi) is 3.03. The highest BCUT2D eigenvalue weighted by Gasteiger charge is 2.25. The first-order valence-corrected chi connectivity index (χ1v) is 5.52. The van der Waals surface area contributed by atoms with Crippen molar-refractivity contribution in [3.8, 4) is 0 Å². The fourth-order valence-corrected chi connectivity index (χ4v) is 2.26. The van der Waals surface area contributed by atoms with Crippen molar-refractivity contribution >= 4 is 5.91 Å². The van der Waals surface area contributed by atoms with Gasteiger partial charge in [-0.1, -0.05) is 0 Å². The molecular weight excluding hydrogens is 178 g/mol. The van der Waals surface area contributed by atoms with Gasteiger partial charge in [0, 0.05) is 32.6 Å². The summed E-state index contributed by atoms with van der Waals surface area (Å²) in [5.74, 6) is 0.254. The van der Waals surface area contributed by atoms with E-state index in [0.717, 1.165) is 19.5 Å². The SMILES string of the molecule is CN1C(=O)CCN1CCC1CCCN1. The van der Waals surface area contributed by atoms with Crippen LogP contribution in [-0.4, -0.2) is 48.6 Å². The van der Waals surface area contributed by atoms with Crippen molar-refractivity contribution in [1.29, 1.82) is 0 Å². The van der Waals surface area contributed by atoms with E-state index in [4.69, 9.17) is 0 Å². The molecule has 2 aliphatic rings. The van der Waals surface area contributed by atoms with Gasteiger partial charge >= 0.3 is 0 Å². The van der Waals surface area contributed by atoms with Gasteiger partial charge in [-0.15, -0.1) is 0 Å². The predicted octanol–water partition coefficient (Wildman–Crippen LogP) is 0.208. The molecule has 0 saturated carbocycles. The van der Waals surface area contributed by atoms with Crippen molar-refractivity contribution in [1.82, 2.24) is 15.3 Å². The second kappa shape index (κ2) is 4.28. The summed E-state index contributed by atoms with van der Waals surface area (Å²) in [5, 5.41) is 7.40. The normalized spacial score (nSPS) is 29.1. The molecule has 0 bridgehead atoms. The van der Waals surface area contributed by atoms with Crippen LogP contribution in [0.3, 0.4) is 0 Å². The molecule has 0 aromatic carbocycles. The number of amides is 1. The van der Waals surface area contributed by atoms with Crippen LogP contribution in [0, 0.1) is 0 Å². The molecule has 1 atom stereocenters. The summed E-state index contributed by atoms with van der Waals surface area (Å²) >= 11 is 0. The largest absolute Gasteiger partial charge is 0.314 e. The fourth-order valence-electron chi connectivity index (χ4n) is 2.26. The highest BCUT2D eigenvalue weighted by molar-refractivity contribution is 5.77. The molecule has 4 nitrogen and oxygen atoms in total. The van der Waals surface area contributed by atoms with Crippen LogP contribution < -0.4 is 5.32 Å². The summed E-state index contributed by atoms with van der Waals surface area (Å²) in [5.41, 5.74) is 0. The van der Waals surface area contributed by atoms with E-state index in [9.17, 15) is 4.79 Å². The number of hydrazine groups is 1. The second-order valence-electron chi connectivity index (χ2n) is 4.20. The van der Waals surface area contributed by atoms with Crippen molar-refractivity contribution in [2.45, 2.75) is 31.7 Å². The summed E-state index contributed by atoms with van der Waals surface area (Å²) in [4.78, 5) is 11.2. The van der Waals surface area contributed by atoms with E-state index < -0.39 is 0 Å². The Hall–Kier alpha value is -0.610. The molecule has 2 rings (SSSR count). The molecule has 1 N–H and O–H groups in total. The van der Waals surface area contributed by atoms with Crippen molar-refractivity contribution in [3.05, 3.63) is 0 Å².